The Bertz CT molecular complexity index is 1130. The van der Waals surface area contributed by atoms with E-state index in [2.05, 4.69) is 10.0 Å². The molecule has 1 aliphatic heterocycles. The molecule has 0 radical (unpaired) electrons. The maximum absolute atomic E-state index is 14.5. The van der Waals surface area contributed by atoms with Gasteiger partial charge in [0, 0.05) is 21.4 Å². The van der Waals surface area contributed by atoms with Gasteiger partial charge in [0.05, 0.1) is 16.6 Å². The normalized spacial score (nSPS) is 16.8. The summed E-state index contributed by atoms with van der Waals surface area (Å²) in [7, 11) is -3.61. The van der Waals surface area contributed by atoms with Crippen molar-refractivity contribution in [1.82, 2.24) is 4.57 Å². The number of benzene rings is 1. The van der Waals surface area contributed by atoms with Gasteiger partial charge in [0.1, 0.15) is 16.5 Å². The predicted molar refractivity (Wildman–Crippen MR) is 123 cm³/mol. The van der Waals surface area contributed by atoms with E-state index in [9.17, 15) is 17.6 Å². The summed E-state index contributed by atoms with van der Waals surface area (Å²) in [5.74, 6) is 0.225. The number of sulfonamides is 1. The zero-order valence-electron chi connectivity index (χ0n) is 15.8. The molecule has 0 unspecified atom stereocenters. The third kappa shape index (κ3) is 4.02. The molecule has 0 atom stereocenters. The Morgan fingerprint density at radius 3 is 2.66 bits per heavy atom. The second kappa shape index (κ2) is 8.10. The van der Waals surface area contributed by atoms with Crippen LogP contribution in [0.4, 0.5) is 21.5 Å². The minimum absolute atomic E-state index is 0.192. The highest BCUT2D eigenvalue weighted by molar-refractivity contribution is 14.1. The van der Waals surface area contributed by atoms with Gasteiger partial charge in [-0.05, 0) is 60.6 Å². The van der Waals surface area contributed by atoms with E-state index in [1.165, 1.54) is 17.8 Å². The first-order chi connectivity index (χ1) is 13.8. The highest BCUT2D eigenvalue weighted by Gasteiger charge is 2.32. The molecule has 0 bridgehead atoms. The Kier molecular flexibility index (Phi) is 5.86. The molecule has 1 aromatic heterocycles. The van der Waals surface area contributed by atoms with E-state index in [1.54, 1.807) is 23.6 Å². The lowest BCUT2D eigenvalue weighted by atomic mass is 10.2. The Labute approximate surface area is 186 Å². The largest absolute Gasteiger partial charge is 0.351 e. The molecule has 10 heteroatoms. The topological polar surface area (TPSA) is 80.2 Å². The summed E-state index contributed by atoms with van der Waals surface area (Å²) in [6.45, 7) is 2.16. The van der Waals surface area contributed by atoms with E-state index in [0.29, 0.717) is 47.1 Å². The van der Waals surface area contributed by atoms with Crippen molar-refractivity contribution in [2.75, 3.05) is 15.8 Å². The van der Waals surface area contributed by atoms with Crippen LogP contribution in [0.15, 0.2) is 28.0 Å². The first kappa shape index (κ1) is 21.0. The van der Waals surface area contributed by atoms with Gasteiger partial charge in [0.25, 0.3) is 5.56 Å². The number of hydrogen-bond acceptors (Lipinski definition) is 5. The van der Waals surface area contributed by atoms with Crippen LogP contribution in [0, 0.1) is 16.3 Å². The predicted octanol–water partition coefficient (Wildman–Crippen LogP) is 4.43. The van der Waals surface area contributed by atoms with Crippen molar-refractivity contribution in [3.8, 4) is 0 Å². The number of halogens is 2. The van der Waals surface area contributed by atoms with Crippen molar-refractivity contribution in [2.45, 2.75) is 49.4 Å². The molecule has 6 nitrogen and oxygen atoms in total. The SMILES string of the molecule is Cc1c(Nc2ccc(I)cc2F)c(NS(=O)(=O)C2CCCC2)c2n(c1=O)CCS2. The van der Waals surface area contributed by atoms with Crippen LogP contribution in [-0.4, -0.2) is 24.0 Å². The molecule has 0 spiro atoms. The van der Waals surface area contributed by atoms with Gasteiger partial charge in [-0.15, -0.1) is 11.8 Å². The van der Waals surface area contributed by atoms with Gasteiger partial charge < -0.3 is 9.88 Å². The van der Waals surface area contributed by atoms with Crippen LogP contribution in [0.3, 0.4) is 0 Å². The third-order valence-corrected chi connectivity index (χ3v) is 8.97. The number of rotatable bonds is 5. The molecule has 1 aliphatic carbocycles. The zero-order chi connectivity index (χ0) is 20.8. The summed E-state index contributed by atoms with van der Waals surface area (Å²) >= 11 is 3.45. The molecule has 0 saturated heterocycles. The van der Waals surface area contributed by atoms with Gasteiger partial charge in [-0.3, -0.25) is 9.52 Å². The molecule has 2 aromatic rings. The van der Waals surface area contributed by atoms with Crippen molar-refractivity contribution in [3.05, 3.63) is 43.5 Å². The van der Waals surface area contributed by atoms with Crippen LogP contribution in [0.25, 0.3) is 0 Å². The molecule has 1 aromatic carbocycles. The molecular formula is C19H21FIN3O3S2. The second-order valence-electron chi connectivity index (χ2n) is 7.29. The Morgan fingerprint density at radius 1 is 1.24 bits per heavy atom. The smallest absolute Gasteiger partial charge is 0.256 e. The summed E-state index contributed by atoms with van der Waals surface area (Å²) < 4.78 is 45.6. The average Bonchev–Trinajstić information content (AvgIpc) is 3.36. The van der Waals surface area contributed by atoms with E-state index < -0.39 is 21.1 Å². The maximum Gasteiger partial charge on any atom is 0.256 e. The van der Waals surface area contributed by atoms with Crippen LogP contribution in [0.1, 0.15) is 31.2 Å². The summed E-state index contributed by atoms with van der Waals surface area (Å²) in [6.07, 6.45) is 3.05. The summed E-state index contributed by atoms with van der Waals surface area (Å²) in [5.41, 5.74) is 1.02. The molecule has 156 valence electrons. The minimum atomic E-state index is -3.61. The molecule has 1 saturated carbocycles. The van der Waals surface area contributed by atoms with Crippen molar-refractivity contribution in [2.24, 2.45) is 0 Å². The molecule has 29 heavy (non-hydrogen) atoms. The van der Waals surface area contributed by atoms with Crippen molar-refractivity contribution >= 4 is 61.4 Å². The van der Waals surface area contributed by atoms with E-state index in [-0.39, 0.29) is 11.2 Å². The third-order valence-electron chi connectivity index (χ3n) is 5.38. The van der Waals surface area contributed by atoms with Gasteiger partial charge >= 0.3 is 0 Å². The highest BCUT2D eigenvalue weighted by atomic mass is 127. The van der Waals surface area contributed by atoms with Crippen LogP contribution in [-0.2, 0) is 16.6 Å². The maximum atomic E-state index is 14.5. The molecule has 2 aliphatic rings. The van der Waals surface area contributed by atoms with Gasteiger partial charge in [0.2, 0.25) is 10.0 Å². The Morgan fingerprint density at radius 2 is 1.97 bits per heavy atom. The van der Waals surface area contributed by atoms with E-state index in [1.807, 2.05) is 22.6 Å². The van der Waals surface area contributed by atoms with Crippen molar-refractivity contribution in [3.63, 3.8) is 0 Å². The Balaban J connectivity index is 1.83. The summed E-state index contributed by atoms with van der Waals surface area (Å²) in [6, 6.07) is 4.72. The molecular weight excluding hydrogens is 528 g/mol. The van der Waals surface area contributed by atoms with Crippen molar-refractivity contribution < 1.29 is 12.8 Å². The zero-order valence-corrected chi connectivity index (χ0v) is 19.6. The average molecular weight is 549 g/mol. The molecule has 0 amide bonds. The Hall–Kier alpha value is -1.27. The lowest BCUT2D eigenvalue weighted by Gasteiger charge is -2.22. The number of fused-ring (bicyclic) bond motifs is 1. The van der Waals surface area contributed by atoms with Crippen LogP contribution in [0.2, 0.25) is 0 Å². The molecule has 4 rings (SSSR count). The number of pyridine rings is 1. The molecule has 2 heterocycles. The first-order valence-corrected chi connectivity index (χ1v) is 13.0. The minimum Gasteiger partial charge on any atom is -0.351 e. The highest BCUT2D eigenvalue weighted by Crippen LogP contribution is 2.41. The fraction of sp³-hybridized carbons (Fsp3) is 0.421. The van der Waals surface area contributed by atoms with Gasteiger partial charge in [0.15, 0.2) is 0 Å². The molecule has 1 fully saturated rings. The number of aromatic nitrogens is 1. The van der Waals surface area contributed by atoms with Crippen LogP contribution in [0.5, 0.6) is 0 Å². The lowest BCUT2D eigenvalue weighted by Crippen LogP contribution is -2.29. The quantitative estimate of drug-likeness (QED) is 0.540. The summed E-state index contributed by atoms with van der Waals surface area (Å²) in [4.78, 5) is 12.8. The fourth-order valence-corrected chi connectivity index (χ4v) is 7.03. The number of nitrogens with one attached hydrogen (secondary N) is 2. The summed E-state index contributed by atoms with van der Waals surface area (Å²) in [5, 5.41) is 3.13. The van der Waals surface area contributed by atoms with Crippen molar-refractivity contribution in [1.29, 1.82) is 0 Å². The van der Waals surface area contributed by atoms with E-state index in [0.717, 1.165) is 16.4 Å². The van der Waals surface area contributed by atoms with Crippen LogP contribution >= 0.6 is 34.4 Å². The molecule has 2 N–H and O–H groups in total. The number of thioether (sulfide) groups is 1. The monoisotopic (exact) mass is 549 g/mol. The van der Waals surface area contributed by atoms with Crippen LogP contribution < -0.4 is 15.6 Å². The first-order valence-electron chi connectivity index (χ1n) is 9.42. The number of anilines is 3. The fourth-order valence-electron chi connectivity index (χ4n) is 3.82. The number of nitrogens with zero attached hydrogens (tertiary/aromatic N) is 1. The standard InChI is InChI=1S/C19H21FIN3O3S2/c1-11-16(22-15-7-6-12(21)10-14(15)20)17(19-24(18(11)25)8-9-28-19)23-29(26,27)13-4-2-3-5-13/h6-7,10,13,22-23H,2-5,8-9H2,1H3. The van der Waals surface area contributed by atoms with Gasteiger partial charge in [-0.1, -0.05) is 12.8 Å². The second-order valence-corrected chi connectivity index (χ2v) is 11.6. The number of hydrogen-bond donors (Lipinski definition) is 2. The van der Waals surface area contributed by atoms with Gasteiger partial charge in [-0.2, -0.15) is 0 Å². The van der Waals surface area contributed by atoms with Gasteiger partial charge in [-0.25, -0.2) is 12.8 Å². The lowest BCUT2D eigenvalue weighted by molar-refractivity contribution is 0.584. The van der Waals surface area contributed by atoms with E-state index in [4.69, 9.17) is 0 Å². The van der Waals surface area contributed by atoms with E-state index >= 15 is 0 Å².